The molecule has 0 saturated carbocycles. The van der Waals surface area contributed by atoms with Gasteiger partial charge in [0.05, 0.1) is 0 Å². The summed E-state index contributed by atoms with van der Waals surface area (Å²) in [6.45, 7) is 0.377. The van der Waals surface area contributed by atoms with Crippen LogP contribution >= 0.6 is 0 Å². The third kappa shape index (κ3) is 1.66. The molecule has 1 atom stereocenters. The first-order valence-corrected chi connectivity index (χ1v) is 3.81. The van der Waals surface area contributed by atoms with Crippen molar-refractivity contribution in [2.75, 3.05) is 0 Å². The lowest BCUT2D eigenvalue weighted by Gasteiger charge is -2.24. The zero-order chi connectivity index (χ0) is 11.0. The zero-order valence-electron chi connectivity index (χ0n) is 7.27. The summed E-state index contributed by atoms with van der Waals surface area (Å²) in [5.74, 6) is -0.699. The van der Waals surface area contributed by atoms with Crippen LogP contribution in [0, 0.1) is 0 Å². The lowest BCUT2D eigenvalue weighted by molar-refractivity contribution is -0.229. The topological polar surface area (TPSA) is 20.2 Å². The van der Waals surface area contributed by atoms with Gasteiger partial charge in [0.25, 0.3) is 0 Å². The average molecular weight is 208 g/mol. The first-order valence-electron chi connectivity index (χ1n) is 3.81. The Hall–Kier alpha value is -1.26. The number of para-hydroxylation sites is 1. The molecular weight excluding hydrogens is 200 g/mol. The molecular formula is C9H8F4O. The van der Waals surface area contributed by atoms with Gasteiger partial charge in [-0.25, -0.2) is 4.39 Å². The van der Waals surface area contributed by atoms with Crippen molar-refractivity contribution in [1.82, 2.24) is 0 Å². The number of benzene rings is 1. The Kier molecular flexibility index (Phi) is 2.43. The molecule has 0 radical (unpaired) electrons. The van der Waals surface area contributed by atoms with Gasteiger partial charge in [-0.15, -0.1) is 0 Å². The van der Waals surface area contributed by atoms with Gasteiger partial charge >= 0.3 is 6.18 Å². The highest BCUT2D eigenvalue weighted by Gasteiger charge is 2.54. The van der Waals surface area contributed by atoms with Crippen molar-refractivity contribution in [3.05, 3.63) is 29.8 Å². The summed E-state index contributed by atoms with van der Waals surface area (Å²) < 4.78 is 49.9. The molecule has 0 spiro atoms. The standard InChI is InChI=1S/C9H8F4O/c1-8(10,9(11,12)13)6-4-2-3-5-7(6)14/h2-5,14H,1H3. The van der Waals surface area contributed by atoms with Crippen LogP contribution in [0.15, 0.2) is 24.3 Å². The molecule has 0 aromatic heterocycles. The Morgan fingerprint density at radius 1 is 1.07 bits per heavy atom. The summed E-state index contributed by atoms with van der Waals surface area (Å²) in [4.78, 5) is 0. The van der Waals surface area contributed by atoms with Gasteiger partial charge in [0.15, 0.2) is 0 Å². The van der Waals surface area contributed by atoms with Crippen molar-refractivity contribution in [2.24, 2.45) is 0 Å². The van der Waals surface area contributed by atoms with Crippen LogP contribution in [-0.2, 0) is 5.67 Å². The average Bonchev–Trinajstić information content (AvgIpc) is 2.02. The molecule has 0 bridgehead atoms. The highest BCUT2D eigenvalue weighted by Crippen LogP contribution is 2.44. The van der Waals surface area contributed by atoms with E-state index in [2.05, 4.69) is 0 Å². The van der Waals surface area contributed by atoms with Crippen LogP contribution in [-0.4, -0.2) is 11.3 Å². The van der Waals surface area contributed by atoms with Crippen LogP contribution in [0.5, 0.6) is 5.75 Å². The summed E-state index contributed by atoms with van der Waals surface area (Å²) >= 11 is 0. The van der Waals surface area contributed by atoms with Crippen molar-refractivity contribution < 1.29 is 22.7 Å². The molecule has 1 nitrogen and oxygen atoms in total. The third-order valence-corrected chi connectivity index (χ3v) is 1.94. The summed E-state index contributed by atoms with van der Waals surface area (Å²) in [7, 11) is 0. The number of hydrogen-bond donors (Lipinski definition) is 1. The van der Waals surface area contributed by atoms with Gasteiger partial charge in [0.1, 0.15) is 5.75 Å². The Morgan fingerprint density at radius 3 is 2.00 bits per heavy atom. The molecule has 1 aromatic rings. The minimum absolute atomic E-state index is 0.377. The lowest BCUT2D eigenvalue weighted by Crippen LogP contribution is -2.34. The summed E-state index contributed by atoms with van der Waals surface area (Å²) in [6, 6.07) is 4.48. The minimum Gasteiger partial charge on any atom is -0.508 e. The Balaban J connectivity index is 3.23. The molecule has 0 heterocycles. The van der Waals surface area contributed by atoms with Gasteiger partial charge in [-0.1, -0.05) is 18.2 Å². The van der Waals surface area contributed by atoms with Gasteiger partial charge in [-0.05, 0) is 13.0 Å². The monoisotopic (exact) mass is 208 g/mol. The predicted molar refractivity (Wildman–Crippen MR) is 42.6 cm³/mol. The normalized spacial score (nSPS) is 16.4. The fraction of sp³-hybridized carbons (Fsp3) is 0.333. The summed E-state index contributed by atoms with van der Waals surface area (Å²) in [5, 5.41) is 9.07. The Morgan fingerprint density at radius 2 is 1.57 bits per heavy atom. The highest BCUT2D eigenvalue weighted by atomic mass is 19.4. The first kappa shape index (κ1) is 10.8. The van der Waals surface area contributed by atoms with E-state index in [1.165, 1.54) is 12.1 Å². The zero-order valence-corrected chi connectivity index (χ0v) is 7.27. The van der Waals surface area contributed by atoms with Crippen molar-refractivity contribution >= 4 is 0 Å². The number of alkyl halides is 4. The van der Waals surface area contributed by atoms with Gasteiger partial charge in [-0.2, -0.15) is 13.2 Å². The second-order valence-electron chi connectivity index (χ2n) is 3.02. The van der Waals surface area contributed by atoms with Crippen molar-refractivity contribution in [2.45, 2.75) is 18.8 Å². The molecule has 0 saturated heterocycles. The smallest absolute Gasteiger partial charge is 0.426 e. The van der Waals surface area contributed by atoms with Crippen molar-refractivity contribution in [3.8, 4) is 5.75 Å². The molecule has 0 fully saturated rings. The molecule has 1 unspecified atom stereocenters. The maximum Gasteiger partial charge on any atom is 0.426 e. The maximum absolute atomic E-state index is 13.3. The number of aromatic hydroxyl groups is 1. The quantitative estimate of drug-likeness (QED) is 0.703. The first-order chi connectivity index (χ1) is 6.27. The Bertz CT molecular complexity index is 330. The SMILES string of the molecule is CC(F)(c1ccccc1O)C(F)(F)F. The third-order valence-electron chi connectivity index (χ3n) is 1.94. The minimum atomic E-state index is -5.04. The van der Waals surface area contributed by atoms with Crippen LogP contribution in [0.1, 0.15) is 12.5 Å². The van der Waals surface area contributed by atoms with E-state index < -0.39 is 23.2 Å². The number of rotatable bonds is 1. The van der Waals surface area contributed by atoms with Gasteiger partial charge in [0.2, 0.25) is 5.67 Å². The second-order valence-corrected chi connectivity index (χ2v) is 3.02. The summed E-state index contributed by atoms with van der Waals surface area (Å²) in [5.41, 5.74) is -4.30. The largest absolute Gasteiger partial charge is 0.508 e. The van der Waals surface area contributed by atoms with Crippen LogP contribution in [0.25, 0.3) is 0 Å². The van der Waals surface area contributed by atoms with E-state index in [-0.39, 0.29) is 0 Å². The van der Waals surface area contributed by atoms with E-state index in [1.54, 1.807) is 0 Å². The van der Waals surface area contributed by atoms with Gasteiger partial charge in [-0.3, -0.25) is 0 Å². The number of phenolic OH excluding ortho intramolecular Hbond substituents is 1. The van der Waals surface area contributed by atoms with Crippen LogP contribution in [0.2, 0.25) is 0 Å². The van der Waals surface area contributed by atoms with Crippen LogP contribution in [0.3, 0.4) is 0 Å². The molecule has 5 heteroatoms. The lowest BCUT2D eigenvalue weighted by atomic mass is 9.96. The molecule has 0 aliphatic heterocycles. The maximum atomic E-state index is 13.3. The summed E-state index contributed by atoms with van der Waals surface area (Å²) in [6.07, 6.45) is -5.04. The highest BCUT2D eigenvalue weighted by molar-refractivity contribution is 5.37. The van der Waals surface area contributed by atoms with Gasteiger partial charge in [0, 0.05) is 5.56 Å². The number of hydrogen-bond acceptors (Lipinski definition) is 1. The van der Waals surface area contributed by atoms with Crippen molar-refractivity contribution in [1.29, 1.82) is 0 Å². The number of phenols is 1. The van der Waals surface area contributed by atoms with E-state index in [1.807, 2.05) is 0 Å². The molecule has 1 rings (SSSR count). The molecule has 14 heavy (non-hydrogen) atoms. The van der Waals surface area contributed by atoms with Gasteiger partial charge < -0.3 is 5.11 Å². The van der Waals surface area contributed by atoms with E-state index in [0.29, 0.717) is 6.92 Å². The van der Waals surface area contributed by atoms with E-state index in [4.69, 9.17) is 5.11 Å². The molecule has 0 aliphatic carbocycles. The molecule has 0 aliphatic rings. The van der Waals surface area contributed by atoms with Crippen LogP contribution < -0.4 is 0 Å². The molecule has 78 valence electrons. The molecule has 1 aromatic carbocycles. The molecule has 1 N–H and O–H groups in total. The van der Waals surface area contributed by atoms with E-state index in [9.17, 15) is 17.6 Å². The second kappa shape index (κ2) is 3.15. The fourth-order valence-electron chi connectivity index (χ4n) is 1.02. The van der Waals surface area contributed by atoms with Crippen molar-refractivity contribution in [3.63, 3.8) is 0 Å². The number of halogens is 4. The van der Waals surface area contributed by atoms with E-state index in [0.717, 1.165) is 12.1 Å². The fourth-order valence-corrected chi connectivity index (χ4v) is 1.02. The van der Waals surface area contributed by atoms with E-state index >= 15 is 0 Å². The molecule has 0 amide bonds. The predicted octanol–water partition coefficient (Wildman–Crippen LogP) is 3.14. The Labute approximate surface area is 78.0 Å². The van der Waals surface area contributed by atoms with Crippen LogP contribution in [0.4, 0.5) is 17.6 Å².